The molecule has 0 aliphatic heterocycles. The molecule has 0 saturated heterocycles. The van der Waals surface area contributed by atoms with Gasteiger partial charge in [0.05, 0.1) is 0 Å². The molecule has 0 aromatic carbocycles. The molecule has 0 unspecified atom stereocenters. The van der Waals surface area contributed by atoms with Crippen LogP contribution in [0.15, 0.2) is 6.07 Å². The van der Waals surface area contributed by atoms with E-state index in [9.17, 15) is 0 Å². The van der Waals surface area contributed by atoms with Crippen LogP contribution in [0.5, 0.6) is 0 Å². The van der Waals surface area contributed by atoms with E-state index in [2.05, 4.69) is 34.1 Å². The molecule has 0 atom stereocenters. The Balaban J connectivity index is 2.88. The van der Waals surface area contributed by atoms with Crippen molar-refractivity contribution in [3.8, 4) is 0 Å². The van der Waals surface area contributed by atoms with E-state index in [0.717, 1.165) is 18.1 Å². The van der Waals surface area contributed by atoms with Gasteiger partial charge in [-0.1, -0.05) is 13.8 Å². The molecule has 1 aromatic rings. The summed E-state index contributed by atoms with van der Waals surface area (Å²) in [4.78, 5) is 10.5. The van der Waals surface area contributed by atoms with Gasteiger partial charge in [-0.2, -0.15) is 4.98 Å². The summed E-state index contributed by atoms with van der Waals surface area (Å²) in [5, 5.41) is 0. The lowest BCUT2D eigenvalue weighted by Crippen LogP contribution is -2.24. The molecule has 0 radical (unpaired) electrons. The Morgan fingerprint density at radius 1 is 1.47 bits per heavy atom. The van der Waals surface area contributed by atoms with Crippen molar-refractivity contribution in [3.05, 3.63) is 11.8 Å². The maximum absolute atomic E-state index is 5.30. The predicted octanol–water partition coefficient (Wildman–Crippen LogP) is 1.16. The minimum absolute atomic E-state index is 0.459. The fourth-order valence-electron chi connectivity index (χ4n) is 1.45. The number of rotatable bonds is 4. The van der Waals surface area contributed by atoms with Crippen LogP contribution in [0.1, 0.15) is 19.5 Å². The van der Waals surface area contributed by atoms with E-state index in [0.29, 0.717) is 11.9 Å². The third-order valence-corrected chi connectivity index (χ3v) is 2.00. The molecule has 0 saturated carbocycles. The lowest BCUT2D eigenvalue weighted by Gasteiger charge is -2.20. The second-order valence-corrected chi connectivity index (χ2v) is 4.11. The zero-order valence-corrected chi connectivity index (χ0v) is 9.78. The van der Waals surface area contributed by atoms with Crippen LogP contribution in [0, 0.1) is 12.8 Å². The van der Waals surface area contributed by atoms with Gasteiger partial charge < -0.3 is 4.90 Å². The van der Waals surface area contributed by atoms with Crippen molar-refractivity contribution < 1.29 is 0 Å². The summed E-state index contributed by atoms with van der Waals surface area (Å²) in [7, 11) is 2.02. The molecular formula is C10H19N5. The highest BCUT2D eigenvalue weighted by molar-refractivity contribution is 5.43. The molecule has 1 rings (SSSR count). The monoisotopic (exact) mass is 209 g/mol. The topological polar surface area (TPSA) is 67.1 Å². The molecule has 0 amide bonds. The number of nitrogens with zero attached hydrogens (tertiary/aromatic N) is 3. The van der Waals surface area contributed by atoms with E-state index in [1.54, 1.807) is 0 Å². The largest absolute Gasteiger partial charge is 0.359 e. The number of hydrogen-bond donors (Lipinski definition) is 2. The molecule has 5 heteroatoms. The fraction of sp³-hybridized carbons (Fsp3) is 0.600. The summed E-state index contributed by atoms with van der Waals surface area (Å²) in [5.74, 6) is 7.24. The Bertz CT molecular complexity index is 324. The number of hydrazine groups is 1. The molecule has 3 N–H and O–H groups in total. The Kier molecular flexibility index (Phi) is 3.85. The first-order chi connectivity index (χ1) is 7.02. The van der Waals surface area contributed by atoms with Crippen LogP contribution in [0.25, 0.3) is 0 Å². The van der Waals surface area contributed by atoms with Gasteiger partial charge in [0.15, 0.2) is 0 Å². The normalized spacial score (nSPS) is 10.5. The van der Waals surface area contributed by atoms with E-state index in [1.165, 1.54) is 0 Å². The van der Waals surface area contributed by atoms with Crippen molar-refractivity contribution in [1.29, 1.82) is 0 Å². The molecule has 5 nitrogen and oxygen atoms in total. The van der Waals surface area contributed by atoms with Gasteiger partial charge in [-0.25, -0.2) is 10.8 Å². The Morgan fingerprint density at radius 2 is 2.13 bits per heavy atom. The van der Waals surface area contributed by atoms with Crippen molar-refractivity contribution in [2.75, 3.05) is 23.9 Å². The number of aromatic nitrogens is 2. The van der Waals surface area contributed by atoms with Gasteiger partial charge in [0.1, 0.15) is 5.82 Å². The Hall–Kier alpha value is -1.36. The first kappa shape index (κ1) is 11.7. The van der Waals surface area contributed by atoms with Crippen LogP contribution in [0.2, 0.25) is 0 Å². The highest BCUT2D eigenvalue weighted by atomic mass is 15.3. The first-order valence-corrected chi connectivity index (χ1v) is 5.06. The maximum atomic E-state index is 5.30. The van der Waals surface area contributed by atoms with E-state index in [-0.39, 0.29) is 0 Å². The second-order valence-electron chi connectivity index (χ2n) is 4.11. The van der Waals surface area contributed by atoms with Crippen LogP contribution < -0.4 is 16.2 Å². The minimum atomic E-state index is 0.459. The molecular weight excluding hydrogens is 190 g/mol. The predicted molar refractivity (Wildman–Crippen MR) is 62.7 cm³/mol. The minimum Gasteiger partial charge on any atom is -0.359 e. The average Bonchev–Trinajstić information content (AvgIpc) is 2.15. The number of nitrogens with one attached hydrogen (secondary N) is 1. The van der Waals surface area contributed by atoms with Crippen LogP contribution >= 0.6 is 0 Å². The third-order valence-electron chi connectivity index (χ3n) is 2.00. The molecule has 1 aromatic heterocycles. The molecule has 0 aliphatic rings. The first-order valence-electron chi connectivity index (χ1n) is 5.06. The third kappa shape index (κ3) is 3.36. The van der Waals surface area contributed by atoms with Gasteiger partial charge in [-0.3, -0.25) is 5.43 Å². The highest BCUT2D eigenvalue weighted by Gasteiger charge is 2.07. The van der Waals surface area contributed by atoms with E-state index in [4.69, 9.17) is 5.84 Å². The fourth-order valence-corrected chi connectivity index (χ4v) is 1.45. The molecule has 15 heavy (non-hydrogen) atoms. The SMILES string of the molecule is Cc1cc(N(C)CC(C)C)nc(NN)n1. The zero-order chi connectivity index (χ0) is 11.4. The number of hydrogen-bond acceptors (Lipinski definition) is 5. The van der Waals surface area contributed by atoms with Gasteiger partial charge in [-0.05, 0) is 12.8 Å². The summed E-state index contributed by atoms with van der Waals surface area (Å²) in [5.41, 5.74) is 3.37. The Morgan fingerprint density at radius 3 is 2.67 bits per heavy atom. The van der Waals surface area contributed by atoms with Gasteiger partial charge in [0.25, 0.3) is 0 Å². The number of nitrogens with two attached hydrogens (primary N) is 1. The van der Waals surface area contributed by atoms with E-state index < -0.39 is 0 Å². The van der Waals surface area contributed by atoms with Gasteiger partial charge in [0.2, 0.25) is 5.95 Å². The van der Waals surface area contributed by atoms with Gasteiger partial charge >= 0.3 is 0 Å². The number of aryl methyl sites for hydroxylation is 1. The van der Waals surface area contributed by atoms with Crippen molar-refractivity contribution in [2.45, 2.75) is 20.8 Å². The molecule has 0 bridgehead atoms. The van der Waals surface area contributed by atoms with Crippen LogP contribution in [-0.4, -0.2) is 23.6 Å². The quantitative estimate of drug-likeness (QED) is 0.575. The van der Waals surface area contributed by atoms with E-state index >= 15 is 0 Å². The summed E-state index contributed by atoms with van der Waals surface area (Å²) < 4.78 is 0. The molecule has 0 aliphatic carbocycles. The molecule has 1 heterocycles. The van der Waals surface area contributed by atoms with Crippen LogP contribution in [-0.2, 0) is 0 Å². The second kappa shape index (κ2) is 4.93. The summed E-state index contributed by atoms with van der Waals surface area (Å²) >= 11 is 0. The lowest BCUT2D eigenvalue weighted by atomic mass is 10.2. The summed E-state index contributed by atoms with van der Waals surface area (Å²) in [6.45, 7) is 7.23. The van der Waals surface area contributed by atoms with Crippen LogP contribution in [0.4, 0.5) is 11.8 Å². The number of nitrogen functional groups attached to an aromatic ring is 1. The molecule has 0 spiro atoms. The summed E-state index contributed by atoms with van der Waals surface area (Å²) in [6.07, 6.45) is 0. The molecule has 84 valence electrons. The van der Waals surface area contributed by atoms with Crippen molar-refractivity contribution in [3.63, 3.8) is 0 Å². The lowest BCUT2D eigenvalue weighted by molar-refractivity contribution is 0.634. The maximum Gasteiger partial charge on any atom is 0.239 e. The zero-order valence-electron chi connectivity index (χ0n) is 9.78. The van der Waals surface area contributed by atoms with Gasteiger partial charge in [-0.15, -0.1) is 0 Å². The highest BCUT2D eigenvalue weighted by Crippen LogP contribution is 2.13. The van der Waals surface area contributed by atoms with Crippen molar-refractivity contribution in [1.82, 2.24) is 9.97 Å². The van der Waals surface area contributed by atoms with Crippen molar-refractivity contribution in [2.24, 2.45) is 11.8 Å². The summed E-state index contributed by atoms with van der Waals surface area (Å²) in [6, 6.07) is 1.95. The van der Waals surface area contributed by atoms with Crippen LogP contribution in [0.3, 0.4) is 0 Å². The number of anilines is 2. The standard InChI is InChI=1S/C10H19N5/c1-7(2)6-15(4)9-5-8(3)12-10(13-9)14-11/h5,7H,6,11H2,1-4H3,(H,12,13,14). The average molecular weight is 209 g/mol. The molecule has 0 fully saturated rings. The Labute approximate surface area is 90.7 Å². The van der Waals surface area contributed by atoms with Gasteiger partial charge in [0, 0.05) is 25.4 Å². The smallest absolute Gasteiger partial charge is 0.239 e. The van der Waals surface area contributed by atoms with E-state index in [1.807, 2.05) is 20.0 Å². The van der Waals surface area contributed by atoms with Crippen molar-refractivity contribution >= 4 is 11.8 Å².